The van der Waals surface area contributed by atoms with E-state index in [9.17, 15) is 9.90 Å². The van der Waals surface area contributed by atoms with Crippen molar-refractivity contribution in [3.05, 3.63) is 39.5 Å². The van der Waals surface area contributed by atoms with Crippen LogP contribution in [-0.4, -0.2) is 18.2 Å². The summed E-state index contributed by atoms with van der Waals surface area (Å²) in [5, 5.41) is 11.6. The molecule has 2 aromatic rings. The molecule has 4 heteroatoms. The fourth-order valence-corrected chi connectivity index (χ4v) is 2.40. The van der Waals surface area contributed by atoms with Crippen LogP contribution in [0.25, 0.3) is 10.8 Å². The van der Waals surface area contributed by atoms with Crippen LogP contribution in [0.4, 0.5) is 0 Å². The normalized spacial score (nSPS) is 10.4. The average molecular weight is 328 g/mol. The van der Waals surface area contributed by atoms with Gasteiger partial charge in [0.2, 0.25) is 0 Å². The first-order valence-corrected chi connectivity index (χ1v) is 5.71. The summed E-state index contributed by atoms with van der Waals surface area (Å²) in [5.41, 5.74) is 0.224. The van der Waals surface area contributed by atoms with E-state index in [0.29, 0.717) is 8.96 Å². The van der Waals surface area contributed by atoms with Gasteiger partial charge >= 0.3 is 5.97 Å². The third-order valence-corrected chi connectivity index (χ3v) is 3.21. The van der Waals surface area contributed by atoms with Crippen LogP contribution in [-0.2, 0) is 4.74 Å². The van der Waals surface area contributed by atoms with Gasteiger partial charge in [-0.05, 0) is 34.0 Å². The molecule has 0 heterocycles. The van der Waals surface area contributed by atoms with E-state index in [1.54, 1.807) is 6.07 Å². The fraction of sp³-hybridized carbons (Fsp3) is 0.0833. The molecule has 0 aromatic heterocycles. The number of ether oxygens (including phenoxy) is 1. The number of benzene rings is 2. The Balaban J connectivity index is 2.80. The molecule has 0 radical (unpaired) electrons. The average Bonchev–Trinajstić information content (AvgIpc) is 2.28. The van der Waals surface area contributed by atoms with Gasteiger partial charge in [-0.3, -0.25) is 0 Å². The van der Waals surface area contributed by atoms with Crippen molar-refractivity contribution in [2.45, 2.75) is 0 Å². The van der Waals surface area contributed by atoms with Crippen LogP contribution in [0, 0.1) is 3.57 Å². The summed E-state index contributed by atoms with van der Waals surface area (Å²) in [4.78, 5) is 11.5. The smallest absolute Gasteiger partial charge is 0.342 e. The maximum absolute atomic E-state index is 11.5. The highest BCUT2D eigenvalue weighted by atomic mass is 127. The molecule has 0 spiro atoms. The van der Waals surface area contributed by atoms with Crippen LogP contribution in [0.2, 0.25) is 0 Å². The zero-order valence-corrected chi connectivity index (χ0v) is 10.7. The van der Waals surface area contributed by atoms with Crippen LogP contribution in [0.1, 0.15) is 10.4 Å². The van der Waals surface area contributed by atoms with Crippen molar-refractivity contribution in [3.8, 4) is 5.75 Å². The van der Waals surface area contributed by atoms with Crippen LogP contribution in [0.15, 0.2) is 30.3 Å². The number of carbonyl (C=O) groups excluding carboxylic acids is 1. The number of methoxy groups -OCH3 is 1. The van der Waals surface area contributed by atoms with E-state index >= 15 is 0 Å². The van der Waals surface area contributed by atoms with E-state index in [-0.39, 0.29) is 11.3 Å². The zero-order chi connectivity index (χ0) is 11.7. The second kappa shape index (κ2) is 4.29. The Bertz CT molecular complexity index is 563. The molecule has 82 valence electrons. The molecule has 3 nitrogen and oxygen atoms in total. The minimum absolute atomic E-state index is 0.0191. The highest BCUT2D eigenvalue weighted by molar-refractivity contribution is 14.1. The number of halogens is 1. The summed E-state index contributed by atoms with van der Waals surface area (Å²) < 4.78 is 5.32. The lowest BCUT2D eigenvalue weighted by atomic mass is 10.1. The van der Waals surface area contributed by atoms with Crippen molar-refractivity contribution in [3.63, 3.8) is 0 Å². The Morgan fingerprint density at radius 1 is 1.38 bits per heavy atom. The second-order valence-corrected chi connectivity index (χ2v) is 4.46. The van der Waals surface area contributed by atoms with Crippen molar-refractivity contribution in [1.29, 1.82) is 0 Å². The van der Waals surface area contributed by atoms with Crippen molar-refractivity contribution in [2.24, 2.45) is 0 Å². The van der Waals surface area contributed by atoms with Gasteiger partial charge in [0.05, 0.1) is 7.11 Å². The van der Waals surface area contributed by atoms with Crippen molar-refractivity contribution in [2.75, 3.05) is 7.11 Å². The summed E-state index contributed by atoms with van der Waals surface area (Å²) in [6.45, 7) is 0. The van der Waals surface area contributed by atoms with Crippen molar-refractivity contribution >= 4 is 39.3 Å². The van der Waals surface area contributed by atoms with Crippen LogP contribution in [0.5, 0.6) is 5.75 Å². The van der Waals surface area contributed by atoms with E-state index in [0.717, 1.165) is 5.39 Å². The maximum atomic E-state index is 11.5. The molecule has 0 amide bonds. The molecule has 0 saturated heterocycles. The molecule has 0 atom stereocenters. The molecule has 0 aliphatic carbocycles. The maximum Gasteiger partial charge on any atom is 0.342 e. The molecule has 0 bridgehead atoms. The number of hydrogen-bond acceptors (Lipinski definition) is 3. The van der Waals surface area contributed by atoms with Gasteiger partial charge < -0.3 is 9.84 Å². The Kier molecular flexibility index (Phi) is 3.00. The molecule has 0 unspecified atom stereocenters. The van der Waals surface area contributed by atoms with Gasteiger partial charge in [0.15, 0.2) is 0 Å². The van der Waals surface area contributed by atoms with Crippen molar-refractivity contribution in [1.82, 2.24) is 0 Å². The molecule has 0 saturated carbocycles. The minimum Gasteiger partial charge on any atom is -0.506 e. The van der Waals surface area contributed by atoms with Gasteiger partial charge in [-0.2, -0.15) is 0 Å². The standard InChI is InChI=1S/C12H9IO3/c1-16-12(15)10-9(13)6-7-4-2-3-5-8(7)11(10)14/h2-6,14H,1H3. The summed E-state index contributed by atoms with van der Waals surface area (Å²) in [7, 11) is 1.30. The number of carbonyl (C=O) groups is 1. The monoisotopic (exact) mass is 328 g/mol. The lowest BCUT2D eigenvalue weighted by Crippen LogP contribution is -2.04. The predicted molar refractivity (Wildman–Crippen MR) is 69.7 cm³/mol. The molecule has 0 fully saturated rings. The summed E-state index contributed by atoms with van der Waals surface area (Å²) in [5.74, 6) is -0.540. The third-order valence-electron chi connectivity index (χ3n) is 2.36. The number of aromatic hydroxyl groups is 1. The highest BCUT2D eigenvalue weighted by Gasteiger charge is 2.18. The topological polar surface area (TPSA) is 46.5 Å². The van der Waals surface area contributed by atoms with Gasteiger partial charge in [0.25, 0.3) is 0 Å². The molecular weight excluding hydrogens is 319 g/mol. The van der Waals surface area contributed by atoms with E-state index in [1.807, 2.05) is 46.9 Å². The largest absolute Gasteiger partial charge is 0.506 e. The number of rotatable bonds is 1. The summed E-state index contributed by atoms with van der Waals surface area (Å²) in [6, 6.07) is 9.21. The van der Waals surface area contributed by atoms with Gasteiger partial charge in [0.1, 0.15) is 11.3 Å². The highest BCUT2D eigenvalue weighted by Crippen LogP contribution is 2.32. The van der Waals surface area contributed by atoms with E-state index < -0.39 is 5.97 Å². The first-order chi connectivity index (χ1) is 7.65. The minimum atomic E-state index is -0.521. The van der Waals surface area contributed by atoms with Crippen LogP contribution in [0.3, 0.4) is 0 Å². The lowest BCUT2D eigenvalue weighted by Gasteiger charge is -2.08. The van der Waals surface area contributed by atoms with Crippen LogP contribution < -0.4 is 0 Å². The van der Waals surface area contributed by atoms with E-state index in [2.05, 4.69) is 4.74 Å². The van der Waals surface area contributed by atoms with Gasteiger partial charge in [-0.25, -0.2) is 4.79 Å². The molecule has 1 N–H and O–H groups in total. The number of fused-ring (bicyclic) bond motifs is 1. The second-order valence-electron chi connectivity index (χ2n) is 3.29. The summed E-state index contributed by atoms with van der Waals surface area (Å²) in [6.07, 6.45) is 0. The molecule has 16 heavy (non-hydrogen) atoms. The van der Waals surface area contributed by atoms with Gasteiger partial charge in [-0.1, -0.05) is 24.3 Å². The van der Waals surface area contributed by atoms with Crippen molar-refractivity contribution < 1.29 is 14.6 Å². The first-order valence-electron chi connectivity index (χ1n) is 4.63. The van der Waals surface area contributed by atoms with Crippen LogP contribution >= 0.6 is 22.6 Å². The molecule has 0 aliphatic rings. The Morgan fingerprint density at radius 2 is 2.06 bits per heavy atom. The molecule has 0 aliphatic heterocycles. The Morgan fingerprint density at radius 3 is 2.75 bits per heavy atom. The zero-order valence-electron chi connectivity index (χ0n) is 8.53. The quantitative estimate of drug-likeness (QED) is 0.647. The lowest BCUT2D eigenvalue weighted by molar-refractivity contribution is 0.0596. The number of phenols is 1. The van der Waals surface area contributed by atoms with Gasteiger partial charge in [0, 0.05) is 8.96 Å². The number of esters is 1. The SMILES string of the molecule is COC(=O)c1c(I)cc2ccccc2c1O. The third kappa shape index (κ3) is 1.73. The molecule has 2 rings (SSSR count). The van der Waals surface area contributed by atoms with E-state index in [1.165, 1.54) is 7.11 Å². The van der Waals surface area contributed by atoms with Gasteiger partial charge in [-0.15, -0.1) is 0 Å². The molecular formula is C12H9IO3. The molecule has 2 aromatic carbocycles. The predicted octanol–water partition coefficient (Wildman–Crippen LogP) is 2.94. The summed E-state index contributed by atoms with van der Waals surface area (Å²) >= 11 is 2.01. The first kappa shape index (κ1) is 11.2. The Hall–Kier alpha value is -1.30. The number of phenolic OH excluding ortho intramolecular Hbond substituents is 1. The Labute approximate surface area is 106 Å². The van der Waals surface area contributed by atoms with E-state index in [4.69, 9.17) is 0 Å². The fourth-order valence-electron chi connectivity index (χ4n) is 1.59. The number of hydrogen-bond donors (Lipinski definition) is 1.